The Morgan fingerprint density at radius 1 is 1.17 bits per heavy atom. The van der Waals surface area contributed by atoms with E-state index in [1.165, 1.54) is 22.4 Å². The number of fused-ring (bicyclic) bond motifs is 1. The third-order valence-electron chi connectivity index (χ3n) is 6.27. The van der Waals surface area contributed by atoms with Gasteiger partial charge in [0.25, 0.3) is 0 Å². The van der Waals surface area contributed by atoms with E-state index in [-0.39, 0.29) is 17.6 Å². The summed E-state index contributed by atoms with van der Waals surface area (Å²) in [5, 5.41) is 4.33. The highest BCUT2D eigenvalue weighted by atomic mass is 32.1. The predicted molar refractivity (Wildman–Crippen MR) is 125 cm³/mol. The molecule has 0 radical (unpaired) electrons. The summed E-state index contributed by atoms with van der Waals surface area (Å²) in [5.41, 5.74) is 6.19. The van der Waals surface area contributed by atoms with Gasteiger partial charge in [0.1, 0.15) is 0 Å². The molecule has 29 heavy (non-hydrogen) atoms. The summed E-state index contributed by atoms with van der Waals surface area (Å²) in [4.78, 5) is 9.30. The molecule has 0 amide bonds. The smallest absolute Gasteiger partial charge is 0.170 e. The van der Waals surface area contributed by atoms with Crippen molar-refractivity contribution in [2.45, 2.75) is 58.3 Å². The minimum absolute atomic E-state index is 0.00947. The molecular formula is C24H30N4S. The molecule has 3 heterocycles. The first kappa shape index (κ1) is 19.9. The normalized spacial score (nSPS) is 23.1. The SMILES string of the molecule is CC1=CC(C)(C)N(C)c2ccc([C@H]3[C@H](c4ccccn4)NC(=S)N3C(C)C)cc21. The second-order valence-corrected chi connectivity index (χ2v) is 9.33. The zero-order chi connectivity index (χ0) is 20.9. The number of aromatic nitrogens is 1. The van der Waals surface area contributed by atoms with E-state index in [4.69, 9.17) is 12.2 Å². The van der Waals surface area contributed by atoms with Gasteiger partial charge in [-0.15, -0.1) is 0 Å². The number of hydrogen-bond acceptors (Lipinski definition) is 3. The second-order valence-electron chi connectivity index (χ2n) is 8.94. The molecule has 4 rings (SSSR count). The Bertz CT molecular complexity index is 964. The predicted octanol–water partition coefficient (Wildman–Crippen LogP) is 5.09. The standard InChI is InChI=1S/C24H30N4S/c1-15(2)28-22(21(26-23(28)29)19-9-7-8-12-25-19)17-10-11-20-18(13-17)16(3)14-24(4,5)27(20)6/h7-15,21-22H,1-6H3,(H,26,29)/t21-,22-/m0/s1. The van der Waals surface area contributed by atoms with Crippen molar-refractivity contribution in [3.8, 4) is 0 Å². The summed E-state index contributed by atoms with van der Waals surface area (Å²) < 4.78 is 0. The first-order valence-electron chi connectivity index (χ1n) is 10.3. The molecule has 1 N–H and O–H groups in total. The molecule has 4 nitrogen and oxygen atoms in total. The van der Waals surface area contributed by atoms with Crippen molar-refractivity contribution in [3.05, 3.63) is 65.5 Å². The Morgan fingerprint density at radius 2 is 1.93 bits per heavy atom. The maximum atomic E-state index is 5.73. The van der Waals surface area contributed by atoms with Crippen LogP contribution in [0.4, 0.5) is 5.69 Å². The molecule has 1 aromatic heterocycles. The summed E-state index contributed by atoms with van der Waals surface area (Å²) in [7, 11) is 2.17. The fourth-order valence-corrected chi connectivity index (χ4v) is 5.09. The third-order valence-corrected chi connectivity index (χ3v) is 6.60. The maximum absolute atomic E-state index is 5.73. The molecule has 0 aliphatic carbocycles. The van der Waals surface area contributed by atoms with Gasteiger partial charge in [-0.05, 0) is 82.2 Å². The summed E-state index contributed by atoms with van der Waals surface area (Å²) in [5.74, 6) is 0. The molecule has 152 valence electrons. The first-order chi connectivity index (χ1) is 13.7. The maximum Gasteiger partial charge on any atom is 0.170 e. The number of anilines is 1. The number of nitrogens with zero attached hydrogens (tertiary/aromatic N) is 3. The van der Waals surface area contributed by atoms with Gasteiger partial charge < -0.3 is 15.1 Å². The van der Waals surface area contributed by atoms with E-state index < -0.39 is 0 Å². The summed E-state index contributed by atoms with van der Waals surface area (Å²) in [6, 6.07) is 13.4. The molecule has 5 heteroatoms. The van der Waals surface area contributed by atoms with E-state index in [0.717, 1.165) is 10.8 Å². The second kappa shape index (κ2) is 7.13. The van der Waals surface area contributed by atoms with Gasteiger partial charge in [-0.3, -0.25) is 4.98 Å². The number of hydrogen-bond donors (Lipinski definition) is 1. The van der Waals surface area contributed by atoms with Crippen LogP contribution in [-0.4, -0.2) is 33.6 Å². The van der Waals surface area contributed by atoms with Crippen LogP contribution in [0.3, 0.4) is 0 Å². The van der Waals surface area contributed by atoms with Crippen molar-refractivity contribution >= 4 is 28.6 Å². The Balaban J connectivity index is 1.83. The summed E-state index contributed by atoms with van der Waals surface area (Å²) in [6.45, 7) is 11.1. The van der Waals surface area contributed by atoms with E-state index in [2.05, 4.69) is 92.1 Å². The minimum atomic E-state index is 0.00947. The van der Waals surface area contributed by atoms with Crippen LogP contribution in [-0.2, 0) is 0 Å². The molecule has 2 aliphatic heterocycles. The van der Waals surface area contributed by atoms with Crippen molar-refractivity contribution < 1.29 is 0 Å². The third kappa shape index (κ3) is 3.31. The lowest BCUT2D eigenvalue weighted by Crippen LogP contribution is -2.42. The van der Waals surface area contributed by atoms with Gasteiger partial charge in [0.2, 0.25) is 0 Å². The molecule has 2 aromatic rings. The molecule has 0 saturated carbocycles. The quantitative estimate of drug-likeness (QED) is 0.717. The summed E-state index contributed by atoms with van der Waals surface area (Å²) >= 11 is 5.73. The zero-order valence-electron chi connectivity index (χ0n) is 18.1. The highest BCUT2D eigenvalue weighted by Crippen LogP contribution is 2.44. The molecule has 0 spiro atoms. The topological polar surface area (TPSA) is 31.4 Å². The summed E-state index contributed by atoms with van der Waals surface area (Å²) in [6.07, 6.45) is 4.21. The van der Waals surface area contributed by atoms with Gasteiger partial charge in [0.15, 0.2) is 5.11 Å². The minimum Gasteiger partial charge on any atom is -0.366 e. The lowest BCUT2D eigenvalue weighted by atomic mass is 9.86. The molecule has 1 fully saturated rings. The van der Waals surface area contributed by atoms with E-state index in [1.807, 2.05) is 18.3 Å². The molecule has 1 saturated heterocycles. The number of nitrogens with one attached hydrogen (secondary N) is 1. The number of rotatable bonds is 3. The fourth-order valence-electron chi connectivity index (χ4n) is 4.64. The zero-order valence-corrected chi connectivity index (χ0v) is 18.9. The Labute approximate surface area is 179 Å². The molecule has 1 aromatic carbocycles. The number of likely N-dealkylation sites (N-methyl/N-ethyl adjacent to an activating group) is 1. The largest absolute Gasteiger partial charge is 0.366 e. The Morgan fingerprint density at radius 3 is 2.59 bits per heavy atom. The van der Waals surface area contributed by atoms with Crippen LogP contribution in [0.5, 0.6) is 0 Å². The average Bonchev–Trinajstić information content (AvgIpc) is 3.04. The van der Waals surface area contributed by atoms with Gasteiger partial charge >= 0.3 is 0 Å². The van der Waals surface area contributed by atoms with Gasteiger partial charge in [-0.25, -0.2) is 0 Å². The van der Waals surface area contributed by atoms with Crippen LogP contribution in [0.15, 0.2) is 48.7 Å². The number of benzene rings is 1. The molecule has 0 unspecified atom stereocenters. The van der Waals surface area contributed by atoms with Gasteiger partial charge in [-0.1, -0.05) is 18.2 Å². The van der Waals surface area contributed by atoms with Crippen LogP contribution in [0.2, 0.25) is 0 Å². The van der Waals surface area contributed by atoms with Crippen LogP contribution in [0, 0.1) is 0 Å². The lowest BCUT2D eigenvalue weighted by Gasteiger charge is -2.41. The molecule has 0 bridgehead atoms. The highest BCUT2D eigenvalue weighted by molar-refractivity contribution is 7.80. The van der Waals surface area contributed by atoms with Gasteiger partial charge in [-0.2, -0.15) is 0 Å². The van der Waals surface area contributed by atoms with Gasteiger partial charge in [0.05, 0.1) is 23.3 Å². The van der Waals surface area contributed by atoms with Crippen molar-refractivity contribution in [2.24, 2.45) is 0 Å². The van der Waals surface area contributed by atoms with E-state index in [9.17, 15) is 0 Å². The molecular weight excluding hydrogens is 376 g/mol. The van der Waals surface area contributed by atoms with Crippen molar-refractivity contribution in [1.82, 2.24) is 15.2 Å². The Hall–Kier alpha value is -2.40. The van der Waals surface area contributed by atoms with E-state index >= 15 is 0 Å². The lowest BCUT2D eigenvalue weighted by molar-refractivity contribution is 0.269. The van der Waals surface area contributed by atoms with Crippen LogP contribution in [0.25, 0.3) is 5.57 Å². The molecule has 2 atom stereocenters. The average molecular weight is 407 g/mol. The van der Waals surface area contributed by atoms with Crippen molar-refractivity contribution in [2.75, 3.05) is 11.9 Å². The first-order valence-corrected chi connectivity index (χ1v) is 10.7. The number of thiocarbonyl (C=S) groups is 1. The number of allylic oxidation sites excluding steroid dienone is 1. The van der Waals surface area contributed by atoms with Crippen molar-refractivity contribution in [1.29, 1.82) is 0 Å². The van der Waals surface area contributed by atoms with Gasteiger partial charge in [0, 0.05) is 30.5 Å². The van der Waals surface area contributed by atoms with E-state index in [0.29, 0.717) is 6.04 Å². The monoisotopic (exact) mass is 406 g/mol. The highest BCUT2D eigenvalue weighted by Gasteiger charge is 2.41. The van der Waals surface area contributed by atoms with Crippen molar-refractivity contribution in [3.63, 3.8) is 0 Å². The van der Waals surface area contributed by atoms with Crippen LogP contribution < -0.4 is 10.2 Å². The van der Waals surface area contributed by atoms with Crippen LogP contribution >= 0.6 is 12.2 Å². The Kier molecular flexibility index (Phi) is 4.89. The number of pyridine rings is 1. The van der Waals surface area contributed by atoms with E-state index in [1.54, 1.807) is 0 Å². The van der Waals surface area contributed by atoms with Crippen LogP contribution in [0.1, 0.15) is 63.5 Å². The molecule has 2 aliphatic rings. The fraction of sp³-hybridized carbons (Fsp3) is 0.417.